The molecule has 0 aliphatic rings. The Morgan fingerprint density at radius 3 is 2.41 bits per heavy atom. The Hall–Kier alpha value is -3.62. The van der Waals surface area contributed by atoms with E-state index in [1.54, 1.807) is 31.4 Å². The van der Waals surface area contributed by atoms with Crippen molar-refractivity contribution in [1.29, 1.82) is 0 Å². The summed E-state index contributed by atoms with van der Waals surface area (Å²) in [6.07, 6.45) is 1.35. The summed E-state index contributed by atoms with van der Waals surface area (Å²) in [6, 6.07) is 9.48. The van der Waals surface area contributed by atoms with Crippen molar-refractivity contribution in [3.8, 4) is 17.0 Å². The summed E-state index contributed by atoms with van der Waals surface area (Å²) >= 11 is 0. The van der Waals surface area contributed by atoms with Crippen LogP contribution in [-0.2, 0) is 11.3 Å². The zero-order chi connectivity index (χ0) is 19.4. The van der Waals surface area contributed by atoms with Gasteiger partial charge >= 0.3 is 5.69 Å². The van der Waals surface area contributed by atoms with Gasteiger partial charge in [0.1, 0.15) is 23.9 Å². The molecule has 0 radical (unpaired) electrons. The maximum Gasteiger partial charge on any atom is 0.365 e. The van der Waals surface area contributed by atoms with Crippen molar-refractivity contribution in [2.45, 2.75) is 6.54 Å². The number of ether oxygens (including phenoxy) is 1. The van der Waals surface area contributed by atoms with Crippen molar-refractivity contribution in [1.82, 2.24) is 14.8 Å². The van der Waals surface area contributed by atoms with E-state index in [0.717, 1.165) is 16.8 Å². The van der Waals surface area contributed by atoms with Crippen LogP contribution in [-0.4, -0.2) is 27.8 Å². The largest absolute Gasteiger partial charge is 0.497 e. The van der Waals surface area contributed by atoms with Crippen molar-refractivity contribution in [3.63, 3.8) is 0 Å². The van der Waals surface area contributed by atoms with E-state index in [9.17, 15) is 18.4 Å². The first-order chi connectivity index (χ1) is 12.9. The van der Waals surface area contributed by atoms with E-state index in [1.165, 1.54) is 6.20 Å². The minimum absolute atomic E-state index is 0.0617. The standard InChI is InChI=1S/C18H14F2N4O3/c1-27-15-4-2-11(3-5-15)16-9-21-24(18(26)23-16)10-17(25)22-14-7-12(19)6-13(20)8-14/h2-9H,10H2,1H3,(H,22,25). The SMILES string of the molecule is COc1ccc(-c2cnn(CC(=O)Nc3cc(F)cc(F)c3)c(=O)n2)cc1. The maximum atomic E-state index is 13.1. The number of anilines is 1. The van der Waals surface area contributed by atoms with Crippen molar-refractivity contribution in [2.24, 2.45) is 0 Å². The molecule has 0 aliphatic carbocycles. The number of rotatable bonds is 5. The number of carbonyl (C=O) groups excluding carboxylic acids is 1. The monoisotopic (exact) mass is 372 g/mol. The molecule has 27 heavy (non-hydrogen) atoms. The highest BCUT2D eigenvalue weighted by atomic mass is 19.1. The third-order valence-corrected chi connectivity index (χ3v) is 3.58. The summed E-state index contributed by atoms with van der Waals surface area (Å²) in [7, 11) is 1.54. The normalized spacial score (nSPS) is 10.5. The molecule has 2 aromatic carbocycles. The number of aromatic nitrogens is 3. The predicted molar refractivity (Wildman–Crippen MR) is 93.3 cm³/mol. The van der Waals surface area contributed by atoms with Gasteiger partial charge in [0.2, 0.25) is 5.91 Å². The first kappa shape index (κ1) is 18.2. The number of carbonyl (C=O) groups is 1. The molecule has 7 nitrogen and oxygen atoms in total. The van der Waals surface area contributed by atoms with Gasteiger partial charge in [0.05, 0.1) is 19.0 Å². The van der Waals surface area contributed by atoms with Gasteiger partial charge < -0.3 is 10.1 Å². The minimum Gasteiger partial charge on any atom is -0.497 e. The molecule has 0 bridgehead atoms. The summed E-state index contributed by atoms with van der Waals surface area (Å²) in [6.45, 7) is -0.452. The van der Waals surface area contributed by atoms with Crippen LogP contribution in [0.25, 0.3) is 11.3 Å². The minimum atomic E-state index is -0.828. The van der Waals surface area contributed by atoms with E-state index < -0.39 is 29.8 Å². The Balaban J connectivity index is 1.73. The molecule has 0 spiro atoms. The predicted octanol–water partition coefficient (Wildman–Crippen LogP) is 2.23. The Morgan fingerprint density at radius 1 is 1.15 bits per heavy atom. The third-order valence-electron chi connectivity index (χ3n) is 3.58. The molecular weight excluding hydrogens is 358 g/mol. The van der Waals surface area contributed by atoms with Crippen LogP contribution in [0.15, 0.2) is 53.5 Å². The number of nitrogens with one attached hydrogen (secondary N) is 1. The Bertz CT molecular complexity index is 1020. The van der Waals surface area contributed by atoms with Crippen LogP contribution in [0.3, 0.4) is 0 Å². The molecule has 1 heterocycles. The molecule has 1 aromatic heterocycles. The second-order valence-corrected chi connectivity index (χ2v) is 5.52. The summed E-state index contributed by atoms with van der Waals surface area (Å²) in [4.78, 5) is 28.0. The van der Waals surface area contributed by atoms with E-state index in [2.05, 4.69) is 15.4 Å². The van der Waals surface area contributed by atoms with Crippen LogP contribution in [0.5, 0.6) is 5.75 Å². The van der Waals surface area contributed by atoms with Gasteiger partial charge in [-0.05, 0) is 36.4 Å². The number of halogens is 2. The molecule has 0 unspecified atom stereocenters. The summed E-state index contributed by atoms with van der Waals surface area (Å²) < 4.78 is 32.2. The van der Waals surface area contributed by atoms with E-state index in [-0.39, 0.29) is 5.69 Å². The topological polar surface area (TPSA) is 86.1 Å². The second-order valence-electron chi connectivity index (χ2n) is 5.52. The molecule has 1 N–H and O–H groups in total. The molecule has 3 rings (SSSR count). The lowest BCUT2D eigenvalue weighted by atomic mass is 10.1. The quantitative estimate of drug-likeness (QED) is 0.742. The highest BCUT2D eigenvalue weighted by Crippen LogP contribution is 2.18. The fourth-order valence-corrected chi connectivity index (χ4v) is 2.34. The average molecular weight is 372 g/mol. The molecule has 1 amide bonds. The average Bonchev–Trinajstić information content (AvgIpc) is 2.62. The van der Waals surface area contributed by atoms with Gasteiger partial charge in [-0.1, -0.05) is 0 Å². The maximum absolute atomic E-state index is 13.1. The highest BCUT2D eigenvalue weighted by Gasteiger charge is 2.10. The van der Waals surface area contributed by atoms with Gasteiger partial charge in [0, 0.05) is 17.3 Å². The van der Waals surface area contributed by atoms with Crippen LogP contribution in [0.2, 0.25) is 0 Å². The van der Waals surface area contributed by atoms with Gasteiger partial charge in [0.25, 0.3) is 0 Å². The number of methoxy groups -OCH3 is 1. The highest BCUT2D eigenvalue weighted by molar-refractivity contribution is 5.90. The van der Waals surface area contributed by atoms with Gasteiger partial charge in [-0.15, -0.1) is 0 Å². The Kier molecular flexibility index (Phi) is 5.20. The van der Waals surface area contributed by atoms with Crippen LogP contribution < -0.4 is 15.7 Å². The number of hydrogen-bond acceptors (Lipinski definition) is 5. The molecule has 138 valence electrons. The molecule has 0 fully saturated rings. The number of nitrogens with zero attached hydrogens (tertiary/aromatic N) is 3. The number of hydrogen-bond donors (Lipinski definition) is 1. The van der Waals surface area contributed by atoms with Crippen molar-refractivity contribution in [3.05, 3.63) is 70.8 Å². The number of amides is 1. The second kappa shape index (κ2) is 7.73. The van der Waals surface area contributed by atoms with Gasteiger partial charge in [0.15, 0.2) is 0 Å². The summed E-state index contributed by atoms with van der Waals surface area (Å²) in [5, 5.41) is 6.21. The van der Waals surface area contributed by atoms with Gasteiger partial charge in [-0.3, -0.25) is 4.79 Å². The molecule has 3 aromatic rings. The molecular formula is C18H14F2N4O3. The van der Waals surface area contributed by atoms with E-state index >= 15 is 0 Å². The van der Waals surface area contributed by atoms with Crippen LogP contribution in [0.1, 0.15) is 0 Å². The lowest BCUT2D eigenvalue weighted by Gasteiger charge is -2.07. The third kappa shape index (κ3) is 4.51. The summed E-state index contributed by atoms with van der Waals surface area (Å²) in [5.74, 6) is -1.67. The molecule has 0 atom stereocenters. The first-order valence-electron chi connectivity index (χ1n) is 7.79. The van der Waals surface area contributed by atoms with Gasteiger partial charge in [-0.2, -0.15) is 10.1 Å². The van der Waals surface area contributed by atoms with Crippen LogP contribution in [0.4, 0.5) is 14.5 Å². The fraction of sp³-hybridized carbons (Fsp3) is 0.111. The van der Waals surface area contributed by atoms with E-state index in [1.807, 2.05) is 0 Å². The molecule has 0 saturated carbocycles. The lowest BCUT2D eigenvalue weighted by molar-refractivity contribution is -0.117. The van der Waals surface area contributed by atoms with Crippen LogP contribution >= 0.6 is 0 Å². The van der Waals surface area contributed by atoms with Crippen LogP contribution in [0, 0.1) is 11.6 Å². The first-order valence-corrected chi connectivity index (χ1v) is 7.79. The van der Waals surface area contributed by atoms with Crippen molar-refractivity contribution < 1.29 is 18.3 Å². The van der Waals surface area contributed by atoms with Crippen molar-refractivity contribution in [2.75, 3.05) is 12.4 Å². The summed E-state index contributed by atoms with van der Waals surface area (Å²) in [5.41, 5.74) is 0.205. The Labute approximate surface area is 152 Å². The van der Waals surface area contributed by atoms with Gasteiger partial charge in [-0.25, -0.2) is 18.3 Å². The van der Waals surface area contributed by atoms with Crippen molar-refractivity contribution >= 4 is 11.6 Å². The van der Waals surface area contributed by atoms with E-state index in [0.29, 0.717) is 23.1 Å². The molecule has 0 aliphatic heterocycles. The fourth-order valence-electron chi connectivity index (χ4n) is 2.34. The molecule has 0 saturated heterocycles. The Morgan fingerprint density at radius 2 is 1.81 bits per heavy atom. The lowest BCUT2D eigenvalue weighted by Crippen LogP contribution is -2.31. The number of benzene rings is 2. The smallest absolute Gasteiger partial charge is 0.365 e. The zero-order valence-electron chi connectivity index (χ0n) is 14.1. The molecule has 9 heteroatoms. The zero-order valence-corrected chi connectivity index (χ0v) is 14.1. The van der Waals surface area contributed by atoms with E-state index in [4.69, 9.17) is 4.74 Å².